The van der Waals surface area contributed by atoms with Gasteiger partial charge in [-0.15, -0.1) is 0 Å². The van der Waals surface area contributed by atoms with Crippen LogP contribution in [0.1, 0.15) is 45.4 Å². The summed E-state index contributed by atoms with van der Waals surface area (Å²) in [5, 5.41) is 21.3. The summed E-state index contributed by atoms with van der Waals surface area (Å²) in [6, 6.07) is 0.189. The molecule has 0 aromatic rings. The van der Waals surface area contributed by atoms with E-state index in [1.165, 1.54) is 0 Å². The van der Waals surface area contributed by atoms with E-state index in [1.807, 2.05) is 0 Å². The minimum Gasteiger partial charge on any atom is -0.409 e. The molecule has 1 amide bonds. The lowest BCUT2D eigenvalue weighted by molar-refractivity contribution is -0.147. The number of aliphatic hydroxyl groups excluding tert-OH is 1. The Morgan fingerprint density at radius 1 is 1.40 bits per heavy atom. The van der Waals surface area contributed by atoms with E-state index < -0.39 is 5.41 Å². The fraction of sp³-hybridized carbons (Fsp3) is 0.857. The van der Waals surface area contributed by atoms with Gasteiger partial charge in [0.15, 0.2) is 5.84 Å². The molecule has 6 heteroatoms. The van der Waals surface area contributed by atoms with Gasteiger partial charge in [-0.05, 0) is 31.6 Å². The van der Waals surface area contributed by atoms with E-state index in [9.17, 15) is 9.90 Å². The van der Waals surface area contributed by atoms with Crippen LogP contribution >= 0.6 is 0 Å². The number of aliphatic hydroxyl groups is 1. The van der Waals surface area contributed by atoms with Crippen LogP contribution < -0.4 is 5.73 Å². The van der Waals surface area contributed by atoms with Gasteiger partial charge in [0, 0.05) is 12.6 Å². The molecule has 4 N–H and O–H groups in total. The molecule has 2 rings (SSSR count). The van der Waals surface area contributed by atoms with Gasteiger partial charge in [0.2, 0.25) is 5.91 Å². The monoisotopic (exact) mass is 283 g/mol. The lowest BCUT2D eigenvalue weighted by atomic mass is 9.61. The Bertz CT molecular complexity index is 385. The van der Waals surface area contributed by atoms with Crippen molar-refractivity contribution in [3.63, 3.8) is 0 Å². The van der Waals surface area contributed by atoms with E-state index in [-0.39, 0.29) is 24.4 Å². The van der Waals surface area contributed by atoms with E-state index >= 15 is 0 Å². The molecule has 0 unspecified atom stereocenters. The molecule has 0 aromatic heterocycles. The van der Waals surface area contributed by atoms with Gasteiger partial charge >= 0.3 is 0 Å². The standard InChI is InChI=1S/C14H25N3O3/c1-10-8-14(9-10,12(15)16-20)13(19)17(6-7-18)11-4-2-3-5-11/h10-11,18,20H,2-9H2,1H3,(H2,15,16). The summed E-state index contributed by atoms with van der Waals surface area (Å²) in [6.45, 7) is 2.34. The number of hydrogen-bond donors (Lipinski definition) is 3. The molecule has 0 saturated heterocycles. The number of rotatable bonds is 5. The van der Waals surface area contributed by atoms with Crippen LogP contribution in [0.4, 0.5) is 0 Å². The van der Waals surface area contributed by atoms with E-state index in [2.05, 4.69) is 12.1 Å². The minimum atomic E-state index is -0.855. The molecular formula is C14H25N3O3. The number of amides is 1. The van der Waals surface area contributed by atoms with E-state index in [1.54, 1.807) is 4.90 Å². The van der Waals surface area contributed by atoms with E-state index in [0.29, 0.717) is 25.3 Å². The number of hydrogen-bond acceptors (Lipinski definition) is 4. The highest BCUT2D eigenvalue weighted by Gasteiger charge is 2.54. The predicted octanol–water partition coefficient (Wildman–Crippen LogP) is 0.913. The van der Waals surface area contributed by atoms with Crippen LogP contribution in [0.15, 0.2) is 5.16 Å². The van der Waals surface area contributed by atoms with Gasteiger partial charge in [-0.3, -0.25) is 4.79 Å². The summed E-state index contributed by atoms with van der Waals surface area (Å²) < 4.78 is 0. The van der Waals surface area contributed by atoms with Gasteiger partial charge in [0.25, 0.3) is 0 Å². The summed E-state index contributed by atoms with van der Waals surface area (Å²) >= 11 is 0. The molecule has 0 aliphatic heterocycles. The van der Waals surface area contributed by atoms with Crippen LogP contribution in [0.2, 0.25) is 0 Å². The zero-order valence-corrected chi connectivity index (χ0v) is 12.1. The summed E-state index contributed by atoms with van der Waals surface area (Å²) in [4.78, 5) is 14.7. The molecule has 2 fully saturated rings. The Labute approximate surface area is 119 Å². The maximum atomic E-state index is 12.9. The smallest absolute Gasteiger partial charge is 0.236 e. The highest BCUT2D eigenvalue weighted by Crippen LogP contribution is 2.47. The zero-order chi connectivity index (χ0) is 14.8. The minimum absolute atomic E-state index is 0.0153. The summed E-state index contributed by atoms with van der Waals surface area (Å²) in [7, 11) is 0. The number of oxime groups is 1. The molecule has 2 aliphatic carbocycles. The first-order valence-electron chi connectivity index (χ1n) is 7.45. The SMILES string of the molecule is CC1CC(C(=O)N(CCO)C2CCCC2)(C(N)=NO)C1. The molecule has 2 saturated carbocycles. The maximum Gasteiger partial charge on any atom is 0.236 e. The van der Waals surface area contributed by atoms with Crippen molar-refractivity contribution in [1.29, 1.82) is 0 Å². The Morgan fingerprint density at radius 3 is 2.45 bits per heavy atom. The summed E-state index contributed by atoms with van der Waals surface area (Å²) in [5.74, 6) is 0.340. The average Bonchev–Trinajstić information content (AvgIpc) is 2.93. The van der Waals surface area contributed by atoms with Crippen molar-refractivity contribution in [3.8, 4) is 0 Å². The normalized spacial score (nSPS) is 31.1. The zero-order valence-electron chi connectivity index (χ0n) is 12.1. The van der Waals surface area contributed by atoms with Crippen molar-refractivity contribution in [2.75, 3.05) is 13.2 Å². The van der Waals surface area contributed by atoms with Crippen LogP contribution in [0, 0.1) is 11.3 Å². The van der Waals surface area contributed by atoms with Crippen LogP contribution in [0.3, 0.4) is 0 Å². The summed E-state index contributed by atoms with van der Waals surface area (Å²) in [5.41, 5.74) is 4.94. The van der Waals surface area contributed by atoms with Gasteiger partial charge in [-0.1, -0.05) is 24.9 Å². The second-order valence-electron chi connectivity index (χ2n) is 6.24. The number of carbonyl (C=O) groups excluding carboxylic acids is 1. The lowest BCUT2D eigenvalue weighted by Crippen LogP contribution is -2.59. The quantitative estimate of drug-likeness (QED) is 0.302. The number of carbonyl (C=O) groups is 1. The van der Waals surface area contributed by atoms with Crippen molar-refractivity contribution in [2.24, 2.45) is 22.2 Å². The maximum absolute atomic E-state index is 12.9. The van der Waals surface area contributed by atoms with Crippen molar-refractivity contribution < 1.29 is 15.1 Å². The predicted molar refractivity (Wildman–Crippen MR) is 75.3 cm³/mol. The van der Waals surface area contributed by atoms with Crippen molar-refractivity contribution in [2.45, 2.75) is 51.5 Å². The van der Waals surface area contributed by atoms with Crippen molar-refractivity contribution in [1.82, 2.24) is 4.90 Å². The molecule has 2 aliphatic rings. The number of amidine groups is 1. The largest absolute Gasteiger partial charge is 0.409 e. The molecule has 0 spiro atoms. The van der Waals surface area contributed by atoms with Gasteiger partial charge < -0.3 is 20.9 Å². The van der Waals surface area contributed by atoms with Gasteiger partial charge in [0.1, 0.15) is 5.41 Å². The van der Waals surface area contributed by atoms with Gasteiger partial charge in [0.05, 0.1) is 6.61 Å². The molecule has 20 heavy (non-hydrogen) atoms. The summed E-state index contributed by atoms with van der Waals surface area (Å²) in [6.07, 6.45) is 5.44. The third kappa shape index (κ3) is 2.49. The molecule has 0 atom stereocenters. The van der Waals surface area contributed by atoms with Crippen LogP contribution in [-0.4, -0.2) is 46.1 Å². The topological polar surface area (TPSA) is 99.2 Å². The van der Waals surface area contributed by atoms with E-state index in [0.717, 1.165) is 25.7 Å². The van der Waals surface area contributed by atoms with Crippen LogP contribution in [0.25, 0.3) is 0 Å². The number of nitrogens with two attached hydrogens (primary N) is 1. The fourth-order valence-electron chi connectivity index (χ4n) is 3.77. The van der Waals surface area contributed by atoms with Gasteiger partial charge in [-0.2, -0.15) is 0 Å². The second-order valence-corrected chi connectivity index (χ2v) is 6.24. The Balaban J connectivity index is 2.20. The second kappa shape index (κ2) is 5.99. The fourth-order valence-corrected chi connectivity index (χ4v) is 3.77. The third-order valence-electron chi connectivity index (χ3n) is 4.77. The van der Waals surface area contributed by atoms with Crippen molar-refractivity contribution in [3.05, 3.63) is 0 Å². The first-order chi connectivity index (χ1) is 9.55. The Morgan fingerprint density at radius 2 is 2.00 bits per heavy atom. The Kier molecular flexibility index (Phi) is 4.52. The molecule has 0 heterocycles. The number of nitrogens with zero attached hydrogens (tertiary/aromatic N) is 2. The van der Waals surface area contributed by atoms with E-state index in [4.69, 9.17) is 10.9 Å². The molecular weight excluding hydrogens is 258 g/mol. The van der Waals surface area contributed by atoms with Crippen molar-refractivity contribution >= 4 is 11.7 Å². The van der Waals surface area contributed by atoms with Gasteiger partial charge in [-0.25, -0.2) is 0 Å². The molecule has 0 radical (unpaired) electrons. The van der Waals surface area contributed by atoms with Crippen LogP contribution in [0.5, 0.6) is 0 Å². The first kappa shape index (κ1) is 15.1. The molecule has 114 valence electrons. The Hall–Kier alpha value is -1.30. The van der Waals surface area contributed by atoms with Crippen LogP contribution in [-0.2, 0) is 4.79 Å². The highest BCUT2D eigenvalue weighted by molar-refractivity contribution is 6.07. The molecule has 6 nitrogen and oxygen atoms in total. The average molecular weight is 283 g/mol. The molecule has 0 bridgehead atoms. The first-order valence-corrected chi connectivity index (χ1v) is 7.45. The molecule has 0 aromatic carbocycles. The lowest BCUT2D eigenvalue weighted by Gasteiger charge is -2.47. The third-order valence-corrected chi connectivity index (χ3v) is 4.77. The highest BCUT2D eigenvalue weighted by atomic mass is 16.4.